The number of carbonyl (C=O) groups excluding carboxylic acids is 1. The third-order valence-electron chi connectivity index (χ3n) is 0.977. The van der Waals surface area contributed by atoms with E-state index in [1.807, 2.05) is 0 Å². The quantitative estimate of drug-likeness (QED) is 0.427. The van der Waals surface area contributed by atoms with Gasteiger partial charge in [-0.2, -0.15) is 0 Å². The fourth-order valence-electron chi connectivity index (χ4n) is 0.605. The molecule has 0 aromatic heterocycles. The van der Waals surface area contributed by atoms with Crippen molar-refractivity contribution in [1.82, 2.24) is 5.32 Å². The Kier molecular flexibility index (Phi) is 4.75. The van der Waals surface area contributed by atoms with E-state index in [0.717, 1.165) is 0 Å². The number of amides is 1. The molecule has 1 rings (SSSR count). The van der Waals surface area contributed by atoms with Gasteiger partial charge in [0.25, 0.3) is 0 Å². The monoisotopic (exact) mass is 184 g/mol. The van der Waals surface area contributed by atoms with Crippen molar-refractivity contribution in [2.24, 2.45) is 0 Å². The third-order valence-corrected chi connectivity index (χ3v) is 0.977. The summed E-state index contributed by atoms with van der Waals surface area (Å²) in [7, 11) is 0. The Morgan fingerprint density at radius 2 is 2.38 bits per heavy atom. The molecule has 1 amide bonds. The second-order valence-electron chi connectivity index (χ2n) is 1.71. The van der Waals surface area contributed by atoms with Crippen LogP contribution in [0, 0.1) is 0 Å². The smallest absolute Gasteiger partial charge is 0.673 e. The Hall–Kier alpha value is 1.24. The fraction of sp³-hybridized carbons (Fsp3) is 0.750. The van der Waals surface area contributed by atoms with Gasteiger partial charge >= 0.3 is 58.2 Å². The van der Waals surface area contributed by atoms with Gasteiger partial charge in [0.2, 0.25) is 5.91 Å². The molecule has 1 aliphatic rings. The maximum atomic E-state index is 10.2. The van der Waals surface area contributed by atoms with Crippen LogP contribution in [0.15, 0.2) is 0 Å². The number of nitrogens with one attached hydrogen (secondary N) is 2. The molecule has 1 aliphatic heterocycles. The summed E-state index contributed by atoms with van der Waals surface area (Å²) < 4.78 is 0. The number of carbonyl (C=O) groups is 1. The summed E-state index contributed by atoms with van der Waals surface area (Å²) >= 11 is 0. The molecule has 1 unspecified atom stereocenters. The molecule has 4 heteroatoms. The molecule has 0 aromatic rings. The van der Waals surface area contributed by atoms with Crippen LogP contribution in [0.25, 0.3) is 5.73 Å². The van der Waals surface area contributed by atoms with Gasteiger partial charge in [0.15, 0.2) is 0 Å². The van der Waals surface area contributed by atoms with E-state index < -0.39 is 0 Å². The van der Waals surface area contributed by atoms with Crippen molar-refractivity contribution in [1.29, 1.82) is 0 Å². The van der Waals surface area contributed by atoms with E-state index in [1.54, 1.807) is 0 Å². The Labute approximate surface area is 97.2 Å². The second-order valence-corrected chi connectivity index (χ2v) is 1.71. The summed E-state index contributed by atoms with van der Waals surface area (Å²) in [6, 6.07) is -0.188. The van der Waals surface area contributed by atoms with E-state index in [2.05, 4.69) is 5.32 Å². The first kappa shape index (κ1) is 9.24. The summed E-state index contributed by atoms with van der Waals surface area (Å²) in [4.78, 5) is 10.2. The Morgan fingerprint density at radius 3 is 2.50 bits per heavy atom. The first-order valence-electron chi connectivity index (χ1n) is 2.27. The summed E-state index contributed by atoms with van der Waals surface area (Å²) in [5.74, 6) is 0.0139. The van der Waals surface area contributed by atoms with Gasteiger partial charge in [-0.25, -0.2) is 0 Å². The predicted octanol–water partition coefficient (Wildman–Crippen LogP) is -3.07. The summed E-state index contributed by atoms with van der Waals surface area (Å²) in [5, 5.41) is 2.54. The molecule has 0 saturated carbocycles. The van der Waals surface area contributed by atoms with Crippen LogP contribution in [-0.2, 0) is 4.79 Å². The predicted molar refractivity (Wildman–Crippen MR) is 25.7 cm³/mol. The zero-order valence-corrected chi connectivity index (χ0v) is 9.82. The van der Waals surface area contributed by atoms with Gasteiger partial charge in [-0.3, -0.25) is 4.79 Å². The van der Waals surface area contributed by atoms with Gasteiger partial charge in [-0.05, 0) is 0 Å². The van der Waals surface area contributed by atoms with Crippen molar-refractivity contribution < 1.29 is 63.0 Å². The van der Waals surface area contributed by atoms with E-state index in [1.165, 1.54) is 0 Å². The van der Waals surface area contributed by atoms with Crippen LogP contribution in [0.4, 0.5) is 0 Å². The van der Waals surface area contributed by atoms with Crippen LogP contribution in [0.5, 0.6) is 0 Å². The van der Waals surface area contributed by atoms with Crippen molar-refractivity contribution in [3.8, 4) is 0 Å². The molecule has 1 heterocycles. The maximum Gasteiger partial charge on any atom is 1.00 e. The molecule has 3 nitrogen and oxygen atoms in total. The van der Waals surface area contributed by atoms with E-state index in [4.69, 9.17) is 5.73 Å². The van der Waals surface area contributed by atoms with Crippen molar-refractivity contribution >= 4 is 5.91 Å². The maximum absolute atomic E-state index is 10.2. The molecule has 8 heavy (non-hydrogen) atoms. The molecule has 0 aliphatic carbocycles. The molecule has 0 bridgehead atoms. The largest absolute Gasteiger partial charge is 1.00 e. The average molecular weight is 185 g/mol. The minimum absolute atomic E-state index is 0. The van der Waals surface area contributed by atoms with Crippen LogP contribution >= 0.6 is 0 Å². The van der Waals surface area contributed by atoms with Crippen molar-refractivity contribution in [2.45, 2.75) is 12.5 Å². The molecule has 0 radical (unpaired) electrons. The van der Waals surface area contributed by atoms with Crippen LogP contribution in [0.2, 0.25) is 0 Å². The Bertz CT molecular complexity index is 96.0. The second kappa shape index (κ2) is 4.12. The van der Waals surface area contributed by atoms with Gasteiger partial charge in [-0.1, -0.05) is 0 Å². The Morgan fingerprint density at radius 1 is 1.75 bits per heavy atom. The average Bonchev–Trinajstić information content (AvgIpc) is 1.87. The molecule has 2 N–H and O–H groups in total. The van der Waals surface area contributed by atoms with Gasteiger partial charge in [0, 0.05) is 13.0 Å². The molecule has 1 saturated heterocycles. The zero-order valence-electron chi connectivity index (χ0n) is 4.90. The number of hydrogen-bond donors (Lipinski definition) is 1. The third kappa shape index (κ3) is 2.69. The van der Waals surface area contributed by atoms with Crippen LogP contribution in [0.1, 0.15) is 6.42 Å². The van der Waals surface area contributed by atoms with Gasteiger partial charge in [0.05, 0.1) is 0 Å². The van der Waals surface area contributed by atoms with Crippen LogP contribution in [-0.4, -0.2) is 18.5 Å². The standard InChI is InChI=1S/C4H7N2O.Rb/c5-3-1-4(7)6-2-3;/h3,5H,1-2H2,(H,6,7);/q-1;+1. The molecular formula is C4H7N2ORb. The van der Waals surface area contributed by atoms with Crippen LogP contribution in [0.3, 0.4) is 0 Å². The topological polar surface area (TPSA) is 52.9 Å². The van der Waals surface area contributed by atoms with Crippen molar-refractivity contribution in [3.63, 3.8) is 0 Å². The normalized spacial score (nSPS) is 26.6. The van der Waals surface area contributed by atoms with E-state index in [9.17, 15) is 4.79 Å². The van der Waals surface area contributed by atoms with Crippen molar-refractivity contribution in [3.05, 3.63) is 5.73 Å². The minimum Gasteiger partial charge on any atom is -0.673 e. The molecule has 1 atom stereocenters. The molecule has 40 valence electrons. The first-order valence-corrected chi connectivity index (χ1v) is 2.27. The SMILES string of the molecule is [NH-]C1CNC(=O)C1.[Rb+]. The van der Waals surface area contributed by atoms with Crippen LogP contribution < -0.4 is 63.5 Å². The van der Waals surface area contributed by atoms with E-state index in [0.29, 0.717) is 13.0 Å². The molecule has 0 aromatic carbocycles. The minimum atomic E-state index is -0.188. The summed E-state index contributed by atoms with van der Waals surface area (Å²) in [6.45, 7) is 0.541. The molecule has 0 spiro atoms. The Balaban J connectivity index is 0.000000490. The number of rotatable bonds is 0. The first-order chi connectivity index (χ1) is 3.29. The van der Waals surface area contributed by atoms with E-state index in [-0.39, 0.29) is 70.1 Å². The summed E-state index contributed by atoms with van der Waals surface area (Å²) in [6.07, 6.45) is 0.389. The zero-order chi connectivity index (χ0) is 5.28. The van der Waals surface area contributed by atoms with Gasteiger partial charge in [-0.15, -0.1) is 6.04 Å². The fourth-order valence-corrected chi connectivity index (χ4v) is 0.605. The molecule has 1 fully saturated rings. The summed E-state index contributed by atoms with van der Waals surface area (Å²) in [5.41, 5.74) is 6.98. The van der Waals surface area contributed by atoms with Crippen molar-refractivity contribution in [2.75, 3.05) is 6.54 Å². The van der Waals surface area contributed by atoms with Gasteiger partial charge < -0.3 is 11.1 Å². The van der Waals surface area contributed by atoms with Gasteiger partial charge in [0.1, 0.15) is 0 Å². The molecular weight excluding hydrogens is 178 g/mol. The number of hydrogen-bond acceptors (Lipinski definition) is 1. The van der Waals surface area contributed by atoms with E-state index >= 15 is 0 Å².